The predicted molar refractivity (Wildman–Crippen MR) is 108 cm³/mol. The van der Waals surface area contributed by atoms with Crippen molar-refractivity contribution in [3.8, 4) is 11.5 Å². The average molecular weight is 363 g/mol. The van der Waals surface area contributed by atoms with Gasteiger partial charge in [-0.05, 0) is 62.1 Å². The Labute approximate surface area is 160 Å². The molecule has 0 N–H and O–H groups in total. The SMILES string of the molecule is CCOC(=O)c1ccc2nc(C)cc(Oc3cc(C)ccc3C(C)C)c2c1. The Hall–Kier alpha value is -2.88. The van der Waals surface area contributed by atoms with E-state index in [1.165, 1.54) is 0 Å². The molecule has 0 aliphatic carbocycles. The van der Waals surface area contributed by atoms with Crippen molar-refractivity contribution in [1.29, 1.82) is 0 Å². The fourth-order valence-corrected chi connectivity index (χ4v) is 3.07. The van der Waals surface area contributed by atoms with E-state index in [1.807, 2.05) is 32.0 Å². The highest BCUT2D eigenvalue weighted by molar-refractivity contribution is 5.96. The highest BCUT2D eigenvalue weighted by Crippen LogP contribution is 2.35. The summed E-state index contributed by atoms with van der Waals surface area (Å²) in [6.45, 7) is 10.4. The lowest BCUT2D eigenvalue weighted by Gasteiger charge is -2.16. The zero-order valence-corrected chi connectivity index (χ0v) is 16.5. The van der Waals surface area contributed by atoms with Gasteiger partial charge in [-0.3, -0.25) is 4.98 Å². The lowest BCUT2D eigenvalue weighted by atomic mass is 10.0. The van der Waals surface area contributed by atoms with Crippen molar-refractivity contribution in [3.05, 3.63) is 64.8 Å². The van der Waals surface area contributed by atoms with Crippen LogP contribution in [0.1, 0.15) is 53.9 Å². The quantitative estimate of drug-likeness (QED) is 0.526. The number of carbonyl (C=O) groups is 1. The number of nitrogens with zero attached hydrogens (tertiary/aromatic N) is 1. The van der Waals surface area contributed by atoms with Gasteiger partial charge in [0.1, 0.15) is 11.5 Å². The van der Waals surface area contributed by atoms with Gasteiger partial charge in [-0.1, -0.05) is 26.0 Å². The number of aryl methyl sites for hydroxylation is 2. The van der Waals surface area contributed by atoms with E-state index >= 15 is 0 Å². The third-order valence-electron chi connectivity index (χ3n) is 4.42. The number of rotatable bonds is 5. The summed E-state index contributed by atoms with van der Waals surface area (Å²) in [6, 6.07) is 13.5. The molecule has 4 heteroatoms. The summed E-state index contributed by atoms with van der Waals surface area (Å²) >= 11 is 0. The smallest absolute Gasteiger partial charge is 0.338 e. The van der Waals surface area contributed by atoms with Crippen LogP contribution in [-0.2, 0) is 4.74 Å². The molecule has 0 saturated carbocycles. The van der Waals surface area contributed by atoms with Crippen LogP contribution in [0.5, 0.6) is 11.5 Å². The summed E-state index contributed by atoms with van der Waals surface area (Å²) in [7, 11) is 0. The standard InChI is InChI=1S/C23H25NO3/c1-6-26-23(25)17-8-10-20-19(13-17)22(12-16(5)24-20)27-21-11-15(4)7-9-18(21)14(2)3/h7-14H,6H2,1-5H3. The second kappa shape index (κ2) is 7.78. The largest absolute Gasteiger partial charge is 0.462 e. The average Bonchev–Trinajstić information content (AvgIpc) is 2.61. The van der Waals surface area contributed by atoms with Crippen LogP contribution in [0.2, 0.25) is 0 Å². The van der Waals surface area contributed by atoms with Gasteiger partial charge >= 0.3 is 5.97 Å². The van der Waals surface area contributed by atoms with E-state index in [-0.39, 0.29) is 5.97 Å². The molecule has 0 spiro atoms. The summed E-state index contributed by atoms with van der Waals surface area (Å²) in [6.07, 6.45) is 0. The molecule has 3 aromatic rings. The second-order valence-electron chi connectivity index (χ2n) is 7.01. The molecular formula is C23H25NO3. The van der Waals surface area contributed by atoms with Crippen LogP contribution in [-0.4, -0.2) is 17.6 Å². The highest BCUT2D eigenvalue weighted by atomic mass is 16.5. The van der Waals surface area contributed by atoms with Crippen LogP contribution in [0.4, 0.5) is 0 Å². The second-order valence-corrected chi connectivity index (χ2v) is 7.01. The molecule has 2 aromatic carbocycles. The molecule has 0 amide bonds. The van der Waals surface area contributed by atoms with Gasteiger partial charge in [-0.2, -0.15) is 0 Å². The van der Waals surface area contributed by atoms with Crippen molar-refractivity contribution >= 4 is 16.9 Å². The summed E-state index contributed by atoms with van der Waals surface area (Å²) in [4.78, 5) is 16.7. The number of fused-ring (bicyclic) bond motifs is 1. The minimum absolute atomic E-state index is 0.338. The third-order valence-corrected chi connectivity index (χ3v) is 4.42. The zero-order chi connectivity index (χ0) is 19.6. The van der Waals surface area contributed by atoms with E-state index < -0.39 is 0 Å². The van der Waals surface area contributed by atoms with Gasteiger partial charge in [0.05, 0.1) is 17.7 Å². The highest BCUT2D eigenvalue weighted by Gasteiger charge is 2.14. The molecular weight excluding hydrogens is 338 g/mol. The van der Waals surface area contributed by atoms with E-state index in [2.05, 4.69) is 31.0 Å². The fourth-order valence-electron chi connectivity index (χ4n) is 3.07. The normalized spacial score (nSPS) is 11.0. The molecule has 0 radical (unpaired) electrons. The molecule has 140 valence electrons. The van der Waals surface area contributed by atoms with Gasteiger partial charge in [0.25, 0.3) is 0 Å². The van der Waals surface area contributed by atoms with E-state index in [4.69, 9.17) is 9.47 Å². The van der Waals surface area contributed by atoms with Crippen molar-refractivity contribution < 1.29 is 14.3 Å². The molecule has 0 fully saturated rings. The third kappa shape index (κ3) is 4.11. The summed E-state index contributed by atoms with van der Waals surface area (Å²) in [5.41, 5.74) is 4.42. The molecule has 3 rings (SSSR count). The van der Waals surface area contributed by atoms with Crippen molar-refractivity contribution in [2.45, 2.75) is 40.5 Å². The first-order valence-corrected chi connectivity index (χ1v) is 9.26. The molecule has 0 saturated heterocycles. The van der Waals surface area contributed by atoms with E-state index in [9.17, 15) is 4.79 Å². The lowest BCUT2D eigenvalue weighted by Crippen LogP contribution is -2.04. The van der Waals surface area contributed by atoms with Crippen molar-refractivity contribution in [2.24, 2.45) is 0 Å². The summed E-state index contributed by atoms with van der Waals surface area (Å²) in [5.74, 6) is 1.52. The maximum Gasteiger partial charge on any atom is 0.338 e. The number of benzene rings is 2. The Morgan fingerprint density at radius 1 is 1.04 bits per heavy atom. The predicted octanol–water partition coefficient (Wildman–Crippen LogP) is 5.94. The minimum Gasteiger partial charge on any atom is -0.462 e. The van der Waals surface area contributed by atoms with Crippen LogP contribution < -0.4 is 4.74 Å². The molecule has 4 nitrogen and oxygen atoms in total. The van der Waals surface area contributed by atoms with Crippen molar-refractivity contribution in [1.82, 2.24) is 4.98 Å². The van der Waals surface area contributed by atoms with Crippen molar-refractivity contribution in [3.63, 3.8) is 0 Å². The molecule has 0 atom stereocenters. The van der Waals surface area contributed by atoms with Crippen LogP contribution >= 0.6 is 0 Å². The Kier molecular flexibility index (Phi) is 5.45. The van der Waals surface area contributed by atoms with Gasteiger partial charge in [0.2, 0.25) is 0 Å². The van der Waals surface area contributed by atoms with E-state index in [1.54, 1.807) is 19.1 Å². The first kappa shape index (κ1) is 18.9. The van der Waals surface area contributed by atoms with Crippen LogP contribution in [0, 0.1) is 13.8 Å². The fraction of sp³-hybridized carbons (Fsp3) is 0.304. The molecule has 1 aromatic heterocycles. The molecule has 1 heterocycles. The van der Waals surface area contributed by atoms with E-state index in [0.29, 0.717) is 23.8 Å². The van der Waals surface area contributed by atoms with Gasteiger partial charge in [-0.25, -0.2) is 4.79 Å². The first-order valence-electron chi connectivity index (χ1n) is 9.26. The minimum atomic E-state index is -0.343. The van der Waals surface area contributed by atoms with E-state index in [0.717, 1.165) is 33.5 Å². The molecule has 0 unspecified atom stereocenters. The number of hydrogen-bond acceptors (Lipinski definition) is 4. The van der Waals surface area contributed by atoms with Crippen molar-refractivity contribution in [2.75, 3.05) is 6.61 Å². The summed E-state index contributed by atoms with van der Waals surface area (Å²) < 4.78 is 11.5. The number of pyridine rings is 1. The maximum absolute atomic E-state index is 12.1. The number of aromatic nitrogens is 1. The Morgan fingerprint density at radius 3 is 2.52 bits per heavy atom. The Bertz CT molecular complexity index is 992. The Balaban J connectivity index is 2.12. The monoisotopic (exact) mass is 363 g/mol. The number of esters is 1. The molecule has 0 aliphatic heterocycles. The molecule has 0 bridgehead atoms. The number of carbonyl (C=O) groups excluding carboxylic acids is 1. The molecule has 27 heavy (non-hydrogen) atoms. The van der Waals surface area contributed by atoms with Gasteiger partial charge in [0, 0.05) is 17.1 Å². The Morgan fingerprint density at radius 2 is 1.81 bits per heavy atom. The van der Waals surface area contributed by atoms with Crippen LogP contribution in [0.15, 0.2) is 42.5 Å². The zero-order valence-electron chi connectivity index (χ0n) is 16.5. The summed E-state index contributed by atoms with van der Waals surface area (Å²) in [5, 5.41) is 0.794. The maximum atomic E-state index is 12.1. The molecule has 0 aliphatic rings. The van der Waals surface area contributed by atoms with Gasteiger partial charge < -0.3 is 9.47 Å². The first-order chi connectivity index (χ1) is 12.9. The van der Waals surface area contributed by atoms with Gasteiger partial charge in [0.15, 0.2) is 0 Å². The number of hydrogen-bond donors (Lipinski definition) is 0. The van der Waals surface area contributed by atoms with Gasteiger partial charge in [-0.15, -0.1) is 0 Å². The van der Waals surface area contributed by atoms with Crippen LogP contribution in [0.25, 0.3) is 10.9 Å². The van der Waals surface area contributed by atoms with Crippen LogP contribution in [0.3, 0.4) is 0 Å². The number of ether oxygens (including phenoxy) is 2. The lowest BCUT2D eigenvalue weighted by molar-refractivity contribution is 0.0526. The topological polar surface area (TPSA) is 48.4 Å².